The number of halogens is 6. The first-order valence-electron chi connectivity index (χ1n) is 12.1. The van der Waals surface area contributed by atoms with Crippen molar-refractivity contribution in [1.82, 2.24) is 10.2 Å². The summed E-state index contributed by atoms with van der Waals surface area (Å²) in [6.07, 6.45) is -10.4. The molecule has 0 radical (unpaired) electrons. The molecule has 4 rings (SSSR count). The van der Waals surface area contributed by atoms with Gasteiger partial charge in [-0.3, -0.25) is 14.5 Å². The van der Waals surface area contributed by atoms with Crippen molar-refractivity contribution >= 4 is 18.0 Å². The number of amides is 2. The third kappa shape index (κ3) is 6.08. The molecule has 3 N–H and O–H groups in total. The van der Waals surface area contributed by atoms with Gasteiger partial charge in [-0.15, -0.1) is 0 Å². The third-order valence-corrected chi connectivity index (χ3v) is 7.52. The molecular weight excluding hydrogens is 540 g/mol. The van der Waals surface area contributed by atoms with Gasteiger partial charge >= 0.3 is 24.4 Å². The van der Waals surface area contributed by atoms with E-state index in [1.807, 2.05) is 0 Å². The number of fused-ring (bicyclic) bond motifs is 1. The minimum Gasteiger partial charge on any atom is -0.427 e. The van der Waals surface area contributed by atoms with E-state index in [-0.39, 0.29) is 43.0 Å². The third-order valence-electron chi connectivity index (χ3n) is 7.52. The van der Waals surface area contributed by atoms with Gasteiger partial charge in [0, 0.05) is 13.0 Å². The van der Waals surface area contributed by atoms with Gasteiger partial charge in [-0.05, 0) is 55.9 Å². The fourth-order valence-electron chi connectivity index (χ4n) is 5.36. The van der Waals surface area contributed by atoms with E-state index in [1.165, 1.54) is 11.8 Å². The van der Waals surface area contributed by atoms with E-state index >= 15 is 0 Å². The number of alkyl halides is 6. The molecule has 1 unspecified atom stereocenters. The van der Waals surface area contributed by atoms with Crippen molar-refractivity contribution in [2.24, 2.45) is 11.7 Å². The average Bonchev–Trinajstić information content (AvgIpc) is 3.46. The van der Waals surface area contributed by atoms with Gasteiger partial charge in [0.05, 0.1) is 41.5 Å². The van der Waals surface area contributed by atoms with Crippen LogP contribution in [0.25, 0.3) is 0 Å². The quantitative estimate of drug-likeness (QED) is 0.294. The van der Waals surface area contributed by atoms with Crippen molar-refractivity contribution in [1.29, 1.82) is 0 Å². The monoisotopic (exact) mass is 567 g/mol. The SMILES string of the molecule is C[C@@H](OC[C@@]12CC1C[C@]1(CCC(=O)N1)CN2C(=O)OCOC(=O)CN)c1cc(C(F)(F)F)cc(C(F)(F)F)c1. The molecule has 4 atom stereocenters. The van der Waals surface area contributed by atoms with Crippen LogP contribution in [-0.2, 0) is 36.2 Å². The normalized spacial score (nSPS) is 27.1. The maximum absolute atomic E-state index is 13.3. The summed E-state index contributed by atoms with van der Waals surface area (Å²) in [7, 11) is 0. The van der Waals surface area contributed by atoms with E-state index in [0.717, 1.165) is 0 Å². The molecule has 15 heteroatoms. The molecule has 1 saturated carbocycles. The number of ether oxygens (including phenoxy) is 3. The second kappa shape index (κ2) is 10.2. The topological polar surface area (TPSA) is 120 Å². The molecule has 1 aliphatic carbocycles. The highest BCUT2D eigenvalue weighted by molar-refractivity contribution is 5.80. The summed E-state index contributed by atoms with van der Waals surface area (Å²) in [5.41, 5.74) is 0.233. The second-order valence-corrected chi connectivity index (χ2v) is 10.2. The van der Waals surface area contributed by atoms with Crippen LogP contribution in [0.3, 0.4) is 0 Å². The highest BCUT2D eigenvalue weighted by Crippen LogP contribution is 2.58. The first-order valence-corrected chi connectivity index (χ1v) is 12.1. The predicted octanol–water partition coefficient (Wildman–Crippen LogP) is 3.51. The van der Waals surface area contributed by atoms with Crippen LogP contribution in [0, 0.1) is 5.92 Å². The van der Waals surface area contributed by atoms with Crippen LogP contribution in [0.15, 0.2) is 18.2 Å². The van der Waals surface area contributed by atoms with Gasteiger partial charge in [0.15, 0.2) is 0 Å². The zero-order chi connectivity index (χ0) is 28.8. The summed E-state index contributed by atoms with van der Waals surface area (Å²) in [5, 5.41) is 2.90. The molecule has 0 aromatic heterocycles. The number of piperidine rings is 1. The van der Waals surface area contributed by atoms with Crippen molar-refractivity contribution < 1.29 is 54.9 Å². The molecule has 3 fully saturated rings. The molecule has 9 nitrogen and oxygen atoms in total. The Kier molecular flexibility index (Phi) is 7.53. The average molecular weight is 567 g/mol. The van der Waals surface area contributed by atoms with E-state index in [1.54, 1.807) is 0 Å². The fourth-order valence-corrected chi connectivity index (χ4v) is 5.36. The van der Waals surface area contributed by atoms with Crippen LogP contribution < -0.4 is 11.1 Å². The molecular formula is C24H27F6N3O6. The van der Waals surface area contributed by atoms with Crippen molar-refractivity contribution in [2.75, 3.05) is 26.5 Å². The molecule has 39 heavy (non-hydrogen) atoms. The van der Waals surface area contributed by atoms with Crippen LogP contribution in [-0.4, -0.2) is 60.4 Å². The Morgan fingerprint density at radius 1 is 1.10 bits per heavy atom. The van der Waals surface area contributed by atoms with Gasteiger partial charge in [0.2, 0.25) is 12.7 Å². The van der Waals surface area contributed by atoms with Crippen molar-refractivity contribution in [2.45, 2.75) is 62.1 Å². The first kappa shape index (κ1) is 28.9. The molecule has 2 heterocycles. The molecule has 1 aromatic rings. The van der Waals surface area contributed by atoms with E-state index < -0.39 is 66.1 Å². The maximum Gasteiger partial charge on any atom is 0.416 e. The zero-order valence-corrected chi connectivity index (χ0v) is 20.8. The van der Waals surface area contributed by atoms with Gasteiger partial charge in [-0.25, -0.2) is 4.79 Å². The molecule has 2 amide bonds. The molecule has 2 aliphatic heterocycles. The maximum atomic E-state index is 13.3. The largest absolute Gasteiger partial charge is 0.427 e. The Labute approximate surface area is 218 Å². The van der Waals surface area contributed by atoms with Gasteiger partial charge in [-0.2, -0.15) is 26.3 Å². The predicted molar refractivity (Wildman–Crippen MR) is 120 cm³/mol. The Bertz CT molecular complexity index is 1110. The number of carbonyl (C=O) groups excluding carboxylic acids is 3. The van der Waals surface area contributed by atoms with Crippen LogP contribution in [0.4, 0.5) is 31.1 Å². The Balaban J connectivity index is 1.53. The number of carbonyl (C=O) groups is 3. The summed E-state index contributed by atoms with van der Waals surface area (Å²) >= 11 is 0. The summed E-state index contributed by atoms with van der Waals surface area (Å²) in [4.78, 5) is 37.6. The Hall–Kier alpha value is -3.07. The summed E-state index contributed by atoms with van der Waals surface area (Å²) in [6.45, 7) is 0.00358. The van der Waals surface area contributed by atoms with Crippen LogP contribution in [0.1, 0.15) is 55.4 Å². The molecule has 2 saturated heterocycles. The van der Waals surface area contributed by atoms with Crippen molar-refractivity contribution in [3.8, 4) is 0 Å². The van der Waals surface area contributed by atoms with E-state index in [4.69, 9.17) is 15.2 Å². The second-order valence-electron chi connectivity index (χ2n) is 10.2. The Morgan fingerprint density at radius 2 is 1.74 bits per heavy atom. The number of nitrogens with zero attached hydrogens (tertiary/aromatic N) is 1. The van der Waals surface area contributed by atoms with Crippen molar-refractivity contribution in [3.63, 3.8) is 0 Å². The van der Waals surface area contributed by atoms with Crippen LogP contribution in [0.2, 0.25) is 0 Å². The molecule has 0 bridgehead atoms. The first-order chi connectivity index (χ1) is 18.1. The van der Waals surface area contributed by atoms with Gasteiger partial charge in [-0.1, -0.05) is 0 Å². The number of rotatable bonds is 7. The number of hydrogen-bond donors (Lipinski definition) is 2. The summed E-state index contributed by atoms with van der Waals surface area (Å²) in [6, 6.07) is 1.24. The number of likely N-dealkylation sites (tertiary alicyclic amines) is 1. The zero-order valence-electron chi connectivity index (χ0n) is 20.8. The van der Waals surface area contributed by atoms with Crippen LogP contribution in [0.5, 0.6) is 0 Å². The highest BCUT2D eigenvalue weighted by atomic mass is 19.4. The highest BCUT2D eigenvalue weighted by Gasteiger charge is 2.67. The van der Waals surface area contributed by atoms with Crippen LogP contribution >= 0.6 is 0 Å². The number of nitrogens with two attached hydrogens (primary N) is 1. The standard InChI is InChI=1S/C24H27F6N3O6/c1-13(14-4-15(23(25,26)27)6-16(5-14)24(28,29)30)37-11-22-8-17(22)7-21(3-2-18(34)32-21)10-33(22)20(36)39-12-38-19(35)9-31/h4-6,13,17H,2-3,7-12,31H2,1H3,(H,32,34)/t13-,17?,21-,22+/m1/s1. The Morgan fingerprint density at radius 3 is 2.28 bits per heavy atom. The minimum atomic E-state index is -5.01. The number of benzene rings is 1. The molecule has 1 aromatic carbocycles. The van der Waals surface area contributed by atoms with Gasteiger partial charge in [0.25, 0.3) is 0 Å². The summed E-state index contributed by atoms with van der Waals surface area (Å²) in [5.74, 6) is -1.16. The number of hydrogen-bond acceptors (Lipinski definition) is 7. The molecule has 1 spiro atoms. The minimum absolute atomic E-state index is 0.0392. The van der Waals surface area contributed by atoms with E-state index in [9.17, 15) is 40.7 Å². The van der Waals surface area contributed by atoms with Gasteiger partial charge in [0.1, 0.15) is 0 Å². The van der Waals surface area contributed by atoms with E-state index in [0.29, 0.717) is 31.4 Å². The lowest BCUT2D eigenvalue weighted by Crippen LogP contribution is -2.61. The van der Waals surface area contributed by atoms with Crippen molar-refractivity contribution in [3.05, 3.63) is 34.9 Å². The number of nitrogens with one attached hydrogen (secondary N) is 1. The van der Waals surface area contributed by atoms with E-state index in [2.05, 4.69) is 10.1 Å². The number of esters is 1. The molecule has 3 aliphatic rings. The lowest BCUT2D eigenvalue weighted by atomic mass is 9.84. The fraction of sp³-hybridized carbons (Fsp3) is 0.625. The lowest BCUT2D eigenvalue weighted by molar-refractivity contribution is -0.151. The van der Waals surface area contributed by atoms with Gasteiger partial charge < -0.3 is 25.3 Å². The summed E-state index contributed by atoms with van der Waals surface area (Å²) < 4.78 is 95.3. The smallest absolute Gasteiger partial charge is 0.416 e. The molecule has 216 valence electrons. The lowest BCUT2D eigenvalue weighted by Gasteiger charge is -2.44.